The number of benzene rings is 1. The van der Waals surface area contributed by atoms with E-state index < -0.39 is 0 Å². The summed E-state index contributed by atoms with van der Waals surface area (Å²) in [7, 11) is 0. The molecule has 0 saturated carbocycles. The van der Waals surface area contributed by atoms with E-state index in [1.165, 1.54) is 6.07 Å². The van der Waals surface area contributed by atoms with E-state index in [1.807, 2.05) is 6.07 Å². The topological polar surface area (TPSA) is 101 Å². The average Bonchev–Trinajstić information content (AvgIpc) is 2.50. The van der Waals surface area contributed by atoms with Crippen molar-refractivity contribution in [2.75, 3.05) is 17.7 Å². The maximum Gasteiger partial charge on any atom is 0.235 e. The number of rotatable bonds is 5. The lowest BCUT2D eigenvalue weighted by Gasteiger charge is -2.11. The molecule has 1 aromatic carbocycles. The minimum absolute atomic E-state index is 0.0432. The number of nitriles is 1. The molecule has 1 aromatic heterocycles. The molecule has 6 nitrogen and oxygen atoms in total. The number of carbonyl (C=O) groups excluding carboxylic acids is 1. The molecule has 1 heterocycles. The molecule has 0 aliphatic rings. The number of nitrogens with zero attached hydrogens (tertiary/aromatic N) is 2. The summed E-state index contributed by atoms with van der Waals surface area (Å²) in [4.78, 5) is 16.3. The summed E-state index contributed by atoms with van der Waals surface area (Å²) in [5.41, 5.74) is 6.74. The van der Waals surface area contributed by atoms with E-state index in [9.17, 15) is 4.79 Å². The molecule has 0 aliphatic heterocycles. The van der Waals surface area contributed by atoms with E-state index in [0.717, 1.165) is 0 Å². The zero-order valence-electron chi connectivity index (χ0n) is 12.8. The van der Waals surface area contributed by atoms with Crippen LogP contribution < -0.4 is 15.8 Å². The van der Waals surface area contributed by atoms with Crippen LogP contribution in [-0.2, 0) is 11.2 Å². The van der Waals surface area contributed by atoms with Gasteiger partial charge in [0.05, 0.1) is 18.7 Å². The Balaban J connectivity index is 2.18. The molecule has 0 saturated heterocycles. The fourth-order valence-corrected chi connectivity index (χ4v) is 2.46. The maximum atomic E-state index is 12.2. The van der Waals surface area contributed by atoms with Crippen LogP contribution in [0.5, 0.6) is 5.88 Å². The highest BCUT2D eigenvalue weighted by molar-refractivity contribution is 6.35. The van der Waals surface area contributed by atoms with Crippen molar-refractivity contribution in [1.29, 1.82) is 5.26 Å². The number of hydrogen-bond donors (Lipinski definition) is 2. The first-order chi connectivity index (χ1) is 11.4. The smallest absolute Gasteiger partial charge is 0.235 e. The highest BCUT2D eigenvalue weighted by Gasteiger charge is 2.14. The molecule has 1 amide bonds. The van der Waals surface area contributed by atoms with Gasteiger partial charge in [0.2, 0.25) is 11.8 Å². The van der Waals surface area contributed by atoms with Gasteiger partial charge in [-0.2, -0.15) is 10.2 Å². The number of ether oxygens (including phenoxy) is 1. The van der Waals surface area contributed by atoms with Gasteiger partial charge in [-0.1, -0.05) is 29.3 Å². The van der Waals surface area contributed by atoms with E-state index >= 15 is 0 Å². The molecular weight excluding hydrogens is 351 g/mol. The molecule has 0 fully saturated rings. The van der Waals surface area contributed by atoms with Gasteiger partial charge in [-0.15, -0.1) is 0 Å². The number of amides is 1. The molecule has 124 valence electrons. The number of nitrogen functional groups attached to an aromatic ring is 1. The third-order valence-corrected chi connectivity index (χ3v) is 3.63. The van der Waals surface area contributed by atoms with Gasteiger partial charge in [0.1, 0.15) is 17.5 Å². The van der Waals surface area contributed by atoms with Gasteiger partial charge in [0, 0.05) is 16.1 Å². The number of hydrogen-bond acceptors (Lipinski definition) is 5. The standard InChI is InChI=1S/C16H14Cl2N4O2/c1-2-24-16-11(8-19)13(20)7-14(22-16)21-15(23)5-9-3-4-10(17)6-12(9)18/h3-4,6-7H,2,5H2,1H3,(H3,20,21,22,23). The van der Waals surface area contributed by atoms with Crippen molar-refractivity contribution in [3.05, 3.63) is 45.4 Å². The first kappa shape index (κ1) is 17.9. The van der Waals surface area contributed by atoms with Crippen LogP contribution in [0, 0.1) is 11.3 Å². The Morgan fingerprint density at radius 2 is 2.17 bits per heavy atom. The van der Waals surface area contributed by atoms with Gasteiger partial charge in [0.25, 0.3) is 0 Å². The van der Waals surface area contributed by atoms with Gasteiger partial charge in [-0.25, -0.2) is 0 Å². The Labute approximate surface area is 149 Å². The van der Waals surface area contributed by atoms with Crippen LogP contribution >= 0.6 is 23.2 Å². The summed E-state index contributed by atoms with van der Waals surface area (Å²) >= 11 is 11.9. The number of halogens is 2. The lowest BCUT2D eigenvalue weighted by molar-refractivity contribution is -0.115. The van der Waals surface area contributed by atoms with Gasteiger partial charge < -0.3 is 15.8 Å². The van der Waals surface area contributed by atoms with Crippen LogP contribution in [0.15, 0.2) is 24.3 Å². The van der Waals surface area contributed by atoms with E-state index in [2.05, 4.69) is 10.3 Å². The largest absolute Gasteiger partial charge is 0.477 e. The molecule has 0 unspecified atom stereocenters. The van der Waals surface area contributed by atoms with Crippen LogP contribution in [0.4, 0.5) is 11.5 Å². The molecule has 0 radical (unpaired) electrons. The number of pyridine rings is 1. The van der Waals surface area contributed by atoms with Crippen LogP contribution in [-0.4, -0.2) is 17.5 Å². The first-order valence-corrected chi connectivity index (χ1v) is 7.77. The molecular formula is C16H14Cl2N4O2. The SMILES string of the molecule is CCOc1nc(NC(=O)Cc2ccc(Cl)cc2Cl)cc(N)c1C#N. The molecule has 3 N–H and O–H groups in total. The fourth-order valence-electron chi connectivity index (χ4n) is 1.98. The minimum atomic E-state index is -0.335. The zero-order valence-corrected chi connectivity index (χ0v) is 14.3. The Morgan fingerprint density at radius 1 is 1.42 bits per heavy atom. The second kappa shape index (κ2) is 7.86. The van der Waals surface area contributed by atoms with Crippen molar-refractivity contribution < 1.29 is 9.53 Å². The number of aromatic nitrogens is 1. The van der Waals surface area contributed by atoms with Crippen molar-refractivity contribution >= 4 is 40.6 Å². The minimum Gasteiger partial charge on any atom is -0.477 e. The molecule has 0 aliphatic carbocycles. The van der Waals surface area contributed by atoms with Gasteiger partial charge in [0.15, 0.2) is 0 Å². The second-order valence-corrected chi connectivity index (χ2v) is 5.63. The predicted octanol–water partition coefficient (Wildman–Crippen LogP) is 3.42. The molecule has 0 spiro atoms. The summed E-state index contributed by atoms with van der Waals surface area (Å²) in [5, 5.41) is 12.6. The monoisotopic (exact) mass is 364 g/mol. The Bertz CT molecular complexity index is 818. The normalized spacial score (nSPS) is 10.1. The number of nitrogens with two attached hydrogens (primary N) is 1. The summed E-state index contributed by atoms with van der Waals surface area (Å²) < 4.78 is 5.28. The molecule has 2 aromatic rings. The van der Waals surface area contributed by atoms with E-state index in [1.54, 1.807) is 25.1 Å². The van der Waals surface area contributed by atoms with Crippen molar-refractivity contribution in [3.63, 3.8) is 0 Å². The fraction of sp³-hybridized carbons (Fsp3) is 0.188. The van der Waals surface area contributed by atoms with Crippen molar-refractivity contribution in [2.45, 2.75) is 13.3 Å². The number of nitrogens with one attached hydrogen (secondary N) is 1. The number of anilines is 2. The van der Waals surface area contributed by atoms with E-state index in [0.29, 0.717) is 22.2 Å². The van der Waals surface area contributed by atoms with Crippen molar-refractivity contribution in [1.82, 2.24) is 4.98 Å². The molecule has 24 heavy (non-hydrogen) atoms. The Kier molecular flexibility index (Phi) is 5.85. The maximum absolute atomic E-state index is 12.2. The van der Waals surface area contributed by atoms with Crippen LogP contribution in [0.2, 0.25) is 10.0 Å². The summed E-state index contributed by atoms with van der Waals surface area (Å²) in [6.07, 6.45) is 0.0432. The highest BCUT2D eigenvalue weighted by Crippen LogP contribution is 2.26. The Morgan fingerprint density at radius 3 is 2.79 bits per heavy atom. The predicted molar refractivity (Wildman–Crippen MR) is 93.3 cm³/mol. The second-order valence-electron chi connectivity index (χ2n) is 4.78. The molecule has 0 bridgehead atoms. The van der Waals surface area contributed by atoms with Gasteiger partial charge >= 0.3 is 0 Å². The summed E-state index contributed by atoms with van der Waals surface area (Å²) in [6, 6.07) is 8.23. The summed E-state index contributed by atoms with van der Waals surface area (Å²) in [6.45, 7) is 2.08. The third kappa shape index (κ3) is 4.28. The zero-order chi connectivity index (χ0) is 17.7. The third-order valence-electron chi connectivity index (χ3n) is 3.04. The average molecular weight is 365 g/mol. The van der Waals surface area contributed by atoms with Crippen molar-refractivity contribution in [2.24, 2.45) is 0 Å². The lowest BCUT2D eigenvalue weighted by Crippen LogP contribution is -2.16. The number of carbonyl (C=O) groups is 1. The van der Waals surface area contributed by atoms with Gasteiger partial charge in [-0.3, -0.25) is 4.79 Å². The van der Waals surface area contributed by atoms with E-state index in [4.69, 9.17) is 38.9 Å². The molecule has 2 rings (SSSR count). The van der Waals surface area contributed by atoms with Crippen molar-refractivity contribution in [3.8, 4) is 11.9 Å². The molecule has 0 atom stereocenters. The van der Waals surface area contributed by atoms with E-state index in [-0.39, 0.29) is 35.3 Å². The quantitative estimate of drug-likeness (QED) is 0.846. The summed E-state index contributed by atoms with van der Waals surface area (Å²) in [5.74, 6) is -0.0526. The van der Waals surface area contributed by atoms with Crippen LogP contribution in [0.3, 0.4) is 0 Å². The first-order valence-electron chi connectivity index (χ1n) is 7.01. The van der Waals surface area contributed by atoms with Crippen LogP contribution in [0.25, 0.3) is 0 Å². The highest BCUT2D eigenvalue weighted by atomic mass is 35.5. The lowest BCUT2D eigenvalue weighted by atomic mass is 10.1. The van der Waals surface area contributed by atoms with Gasteiger partial charge in [-0.05, 0) is 24.6 Å². The molecule has 8 heteroatoms. The Hall–Kier alpha value is -2.49. The van der Waals surface area contributed by atoms with Crippen LogP contribution in [0.1, 0.15) is 18.1 Å².